The monoisotopic (exact) mass is 383 g/mol. The number of hydrogen-bond acceptors (Lipinski definition) is 4. The normalized spacial score (nSPS) is 14.8. The summed E-state index contributed by atoms with van der Waals surface area (Å²) in [6.07, 6.45) is 1.89. The first-order chi connectivity index (χ1) is 13.5. The molecule has 0 bridgehead atoms. The van der Waals surface area contributed by atoms with Gasteiger partial charge in [-0.1, -0.05) is 36.4 Å². The predicted octanol–water partition coefficient (Wildman–Crippen LogP) is 3.45. The van der Waals surface area contributed by atoms with E-state index < -0.39 is 12.1 Å². The maximum absolute atomic E-state index is 12.9. The number of halogens is 1. The molecule has 0 aliphatic carbocycles. The lowest BCUT2D eigenvalue weighted by Crippen LogP contribution is -2.38. The number of esters is 1. The van der Waals surface area contributed by atoms with Gasteiger partial charge in [-0.2, -0.15) is 0 Å². The van der Waals surface area contributed by atoms with Gasteiger partial charge in [0.05, 0.1) is 0 Å². The van der Waals surface area contributed by atoms with E-state index in [2.05, 4.69) is 0 Å². The Labute approximate surface area is 163 Å². The van der Waals surface area contributed by atoms with Gasteiger partial charge in [-0.05, 0) is 48.7 Å². The van der Waals surface area contributed by atoms with E-state index in [-0.39, 0.29) is 18.3 Å². The summed E-state index contributed by atoms with van der Waals surface area (Å²) in [6, 6.07) is 15.4. The summed E-state index contributed by atoms with van der Waals surface area (Å²) in [5.41, 5.74) is 2.37. The Kier molecular flexibility index (Phi) is 6.42. The Morgan fingerprint density at radius 2 is 1.82 bits per heavy atom. The highest BCUT2D eigenvalue weighted by Gasteiger charge is 2.22. The van der Waals surface area contributed by atoms with Gasteiger partial charge in [0.25, 0.3) is 5.91 Å². The number of rotatable bonds is 6. The van der Waals surface area contributed by atoms with Crippen LogP contribution in [0.4, 0.5) is 4.39 Å². The summed E-state index contributed by atoms with van der Waals surface area (Å²) in [4.78, 5) is 26.0. The van der Waals surface area contributed by atoms with Crippen molar-refractivity contribution in [2.24, 2.45) is 0 Å². The molecule has 2 aromatic carbocycles. The van der Waals surface area contributed by atoms with Gasteiger partial charge >= 0.3 is 5.97 Å². The summed E-state index contributed by atoms with van der Waals surface area (Å²) in [5, 5.41) is 0. The smallest absolute Gasteiger partial charge is 0.347 e. The van der Waals surface area contributed by atoms with Gasteiger partial charge in [0, 0.05) is 13.1 Å². The SMILES string of the molecule is C[C@@H](Oc1ccc(F)cc1)C(=O)OCC(=O)N1CC=C(c2ccccc2)CC1. The predicted molar refractivity (Wildman–Crippen MR) is 103 cm³/mol. The summed E-state index contributed by atoms with van der Waals surface area (Å²) in [5.74, 6) is -0.924. The molecule has 1 aliphatic rings. The standard InChI is InChI=1S/C22H22FNO4/c1-16(28-20-9-7-19(23)8-10-20)22(26)27-15-21(25)24-13-11-18(12-14-24)17-5-3-2-4-6-17/h2-11,16H,12-15H2,1H3/t16-/m1/s1. The molecule has 6 heteroatoms. The molecule has 0 saturated carbocycles. The number of carbonyl (C=O) groups is 2. The summed E-state index contributed by atoms with van der Waals surface area (Å²) in [7, 11) is 0. The first kappa shape index (κ1) is 19.6. The first-order valence-electron chi connectivity index (χ1n) is 9.14. The van der Waals surface area contributed by atoms with Crippen molar-refractivity contribution in [1.82, 2.24) is 4.90 Å². The van der Waals surface area contributed by atoms with E-state index >= 15 is 0 Å². The Morgan fingerprint density at radius 1 is 1.11 bits per heavy atom. The lowest BCUT2D eigenvalue weighted by atomic mass is 10.00. The van der Waals surface area contributed by atoms with Crippen molar-refractivity contribution in [3.63, 3.8) is 0 Å². The number of benzene rings is 2. The van der Waals surface area contributed by atoms with E-state index in [4.69, 9.17) is 9.47 Å². The second-order valence-corrected chi connectivity index (χ2v) is 6.51. The molecule has 28 heavy (non-hydrogen) atoms. The van der Waals surface area contributed by atoms with Crippen LogP contribution in [0.15, 0.2) is 60.7 Å². The van der Waals surface area contributed by atoms with Gasteiger partial charge in [0.2, 0.25) is 0 Å². The van der Waals surface area contributed by atoms with Crippen molar-refractivity contribution in [3.05, 3.63) is 72.1 Å². The highest BCUT2D eigenvalue weighted by molar-refractivity contribution is 5.83. The average Bonchev–Trinajstić information content (AvgIpc) is 2.74. The minimum Gasteiger partial charge on any atom is -0.479 e. The third kappa shape index (κ3) is 5.19. The zero-order valence-corrected chi connectivity index (χ0v) is 15.6. The second-order valence-electron chi connectivity index (χ2n) is 6.51. The highest BCUT2D eigenvalue weighted by Crippen LogP contribution is 2.22. The lowest BCUT2D eigenvalue weighted by Gasteiger charge is -2.26. The van der Waals surface area contributed by atoms with Gasteiger partial charge < -0.3 is 14.4 Å². The molecule has 5 nitrogen and oxygen atoms in total. The first-order valence-corrected chi connectivity index (χ1v) is 9.14. The molecular weight excluding hydrogens is 361 g/mol. The fourth-order valence-corrected chi connectivity index (χ4v) is 2.92. The number of ether oxygens (including phenoxy) is 2. The fraction of sp³-hybridized carbons (Fsp3) is 0.273. The van der Waals surface area contributed by atoms with Crippen LogP contribution >= 0.6 is 0 Å². The van der Waals surface area contributed by atoms with Gasteiger partial charge in [0.1, 0.15) is 11.6 Å². The molecule has 0 aromatic heterocycles. The van der Waals surface area contributed by atoms with E-state index in [1.807, 2.05) is 36.4 Å². The fourth-order valence-electron chi connectivity index (χ4n) is 2.92. The zero-order chi connectivity index (χ0) is 19.9. The van der Waals surface area contributed by atoms with E-state index in [0.29, 0.717) is 18.8 Å². The minimum atomic E-state index is -0.899. The lowest BCUT2D eigenvalue weighted by molar-refractivity contribution is -0.157. The van der Waals surface area contributed by atoms with Crippen molar-refractivity contribution >= 4 is 17.4 Å². The topological polar surface area (TPSA) is 55.8 Å². The molecule has 0 radical (unpaired) electrons. The third-order valence-corrected chi connectivity index (χ3v) is 4.50. The van der Waals surface area contributed by atoms with Gasteiger partial charge in [-0.15, -0.1) is 0 Å². The third-order valence-electron chi connectivity index (χ3n) is 4.50. The number of hydrogen-bond donors (Lipinski definition) is 0. The Hall–Kier alpha value is -3.15. The van der Waals surface area contributed by atoms with Gasteiger partial charge in [-0.25, -0.2) is 9.18 Å². The Balaban J connectivity index is 1.45. The van der Waals surface area contributed by atoms with Crippen LogP contribution in [0.3, 0.4) is 0 Å². The molecule has 146 valence electrons. The van der Waals surface area contributed by atoms with Crippen LogP contribution in [0.25, 0.3) is 5.57 Å². The average molecular weight is 383 g/mol. The van der Waals surface area contributed by atoms with Crippen LogP contribution in [0, 0.1) is 5.82 Å². The van der Waals surface area contributed by atoms with E-state index in [1.54, 1.807) is 4.90 Å². The molecule has 2 aromatic rings. The van der Waals surface area contributed by atoms with E-state index in [0.717, 1.165) is 12.0 Å². The van der Waals surface area contributed by atoms with E-state index in [9.17, 15) is 14.0 Å². The molecule has 1 atom stereocenters. The van der Waals surface area contributed by atoms with Gasteiger partial charge in [0.15, 0.2) is 12.7 Å². The molecule has 1 aliphatic heterocycles. The summed E-state index contributed by atoms with van der Waals surface area (Å²) in [6.45, 7) is 2.26. The van der Waals surface area contributed by atoms with Crippen LogP contribution < -0.4 is 4.74 Å². The Bertz CT molecular complexity index is 849. The second kappa shape index (κ2) is 9.17. The van der Waals surface area contributed by atoms with Gasteiger partial charge in [-0.3, -0.25) is 4.79 Å². The van der Waals surface area contributed by atoms with E-state index in [1.165, 1.54) is 36.8 Å². The van der Waals surface area contributed by atoms with Crippen LogP contribution in [-0.2, 0) is 14.3 Å². The molecular formula is C22H22FNO4. The van der Waals surface area contributed by atoms with Crippen LogP contribution in [0.5, 0.6) is 5.75 Å². The molecule has 1 heterocycles. The van der Waals surface area contributed by atoms with Crippen molar-refractivity contribution in [2.75, 3.05) is 19.7 Å². The van der Waals surface area contributed by atoms with Crippen LogP contribution in [-0.4, -0.2) is 42.6 Å². The number of nitrogens with zero attached hydrogens (tertiary/aromatic N) is 1. The van der Waals surface area contributed by atoms with Crippen LogP contribution in [0.2, 0.25) is 0 Å². The number of amides is 1. The van der Waals surface area contributed by atoms with Crippen molar-refractivity contribution in [1.29, 1.82) is 0 Å². The minimum absolute atomic E-state index is 0.245. The van der Waals surface area contributed by atoms with Crippen molar-refractivity contribution in [2.45, 2.75) is 19.4 Å². The molecule has 0 unspecified atom stereocenters. The molecule has 0 N–H and O–H groups in total. The maximum atomic E-state index is 12.9. The molecule has 3 rings (SSSR count). The molecule has 1 amide bonds. The highest BCUT2D eigenvalue weighted by atomic mass is 19.1. The van der Waals surface area contributed by atoms with Crippen molar-refractivity contribution < 1.29 is 23.5 Å². The summed E-state index contributed by atoms with van der Waals surface area (Å²) >= 11 is 0. The zero-order valence-electron chi connectivity index (χ0n) is 15.6. The van der Waals surface area contributed by atoms with Crippen molar-refractivity contribution in [3.8, 4) is 5.75 Å². The van der Waals surface area contributed by atoms with Crippen LogP contribution in [0.1, 0.15) is 18.9 Å². The maximum Gasteiger partial charge on any atom is 0.347 e. The Morgan fingerprint density at radius 3 is 2.46 bits per heavy atom. The molecule has 0 spiro atoms. The largest absolute Gasteiger partial charge is 0.479 e. The number of carbonyl (C=O) groups excluding carboxylic acids is 2. The quantitative estimate of drug-likeness (QED) is 0.717. The summed E-state index contributed by atoms with van der Waals surface area (Å²) < 4.78 is 23.4. The molecule has 0 saturated heterocycles. The molecule has 0 fully saturated rings.